The number of alkyl halides is 3. The Hall–Kier alpha value is -3.39. The first-order valence-corrected chi connectivity index (χ1v) is 9.37. The molecule has 3 aromatic carbocycles. The van der Waals surface area contributed by atoms with Gasteiger partial charge in [-0.05, 0) is 61.4 Å². The van der Waals surface area contributed by atoms with Crippen LogP contribution < -0.4 is 4.74 Å². The first-order valence-electron chi connectivity index (χ1n) is 8.99. The number of nitrogens with zero attached hydrogens (tertiary/aromatic N) is 2. The van der Waals surface area contributed by atoms with Crippen molar-refractivity contribution in [2.24, 2.45) is 4.99 Å². The van der Waals surface area contributed by atoms with Gasteiger partial charge in [-0.25, -0.2) is 0 Å². The van der Waals surface area contributed by atoms with Crippen LogP contribution in [0.15, 0.2) is 59.6 Å². The predicted octanol–water partition coefficient (Wildman–Crippen LogP) is 7.43. The van der Waals surface area contributed by atoms with Crippen molar-refractivity contribution in [1.29, 1.82) is 0 Å². The normalized spacial score (nSPS) is 11.7. The Balaban J connectivity index is 2.01. The molecule has 0 aliphatic carbocycles. The molecule has 31 heavy (non-hydrogen) atoms. The quantitative estimate of drug-likeness (QED) is 0.231. The maximum atomic E-state index is 12.9. The average Bonchev–Trinajstić information content (AvgIpc) is 2.69. The summed E-state index contributed by atoms with van der Waals surface area (Å²) in [6.45, 7) is 3.82. The smallest absolute Gasteiger partial charge is 0.416 e. The van der Waals surface area contributed by atoms with E-state index in [1.807, 2.05) is 32.0 Å². The Morgan fingerprint density at radius 3 is 2.42 bits per heavy atom. The van der Waals surface area contributed by atoms with Gasteiger partial charge in [0.1, 0.15) is 5.75 Å². The van der Waals surface area contributed by atoms with E-state index in [0.717, 1.165) is 23.3 Å². The second-order valence-electron chi connectivity index (χ2n) is 6.77. The molecule has 0 amide bonds. The standard InChI is InChI=1S/C22H16ClF3N2O3/c1-13-3-4-14(2)18(9-13)27-12-15-10-17(23)6-8-20(15)31-21-7-5-16(22(24,25)26)11-19(21)28(29)30/h3-12H,1-2H3. The zero-order chi connectivity index (χ0) is 22.8. The number of benzene rings is 3. The minimum absolute atomic E-state index is 0.154. The number of hydrogen-bond acceptors (Lipinski definition) is 4. The molecule has 160 valence electrons. The van der Waals surface area contributed by atoms with E-state index in [4.69, 9.17) is 16.3 Å². The van der Waals surface area contributed by atoms with Crippen LogP contribution in [0.25, 0.3) is 0 Å². The van der Waals surface area contributed by atoms with Crippen LogP contribution in [-0.4, -0.2) is 11.1 Å². The van der Waals surface area contributed by atoms with Gasteiger partial charge in [0.25, 0.3) is 0 Å². The van der Waals surface area contributed by atoms with Gasteiger partial charge in [0, 0.05) is 22.9 Å². The number of nitro groups is 1. The molecule has 0 spiro atoms. The SMILES string of the molecule is Cc1ccc(C)c(N=Cc2cc(Cl)ccc2Oc2ccc(C(F)(F)F)cc2[N+](=O)[O-])c1. The van der Waals surface area contributed by atoms with Gasteiger partial charge in [-0.3, -0.25) is 15.1 Å². The Morgan fingerprint density at radius 2 is 1.74 bits per heavy atom. The van der Waals surface area contributed by atoms with E-state index >= 15 is 0 Å². The maximum absolute atomic E-state index is 12.9. The third kappa shape index (κ3) is 5.40. The molecule has 0 saturated carbocycles. The lowest BCUT2D eigenvalue weighted by molar-refractivity contribution is -0.385. The molecule has 0 unspecified atom stereocenters. The van der Waals surface area contributed by atoms with E-state index in [0.29, 0.717) is 22.3 Å². The number of halogens is 4. The van der Waals surface area contributed by atoms with Crippen LogP contribution in [-0.2, 0) is 6.18 Å². The van der Waals surface area contributed by atoms with Gasteiger partial charge in [0.2, 0.25) is 5.75 Å². The largest absolute Gasteiger partial charge is 0.449 e. The minimum Gasteiger partial charge on any atom is -0.449 e. The van der Waals surface area contributed by atoms with Crippen LogP contribution in [0, 0.1) is 24.0 Å². The number of ether oxygens (including phenoxy) is 1. The van der Waals surface area contributed by atoms with Crippen LogP contribution in [0.5, 0.6) is 11.5 Å². The molecule has 0 aromatic heterocycles. The third-order valence-electron chi connectivity index (χ3n) is 4.38. The van der Waals surface area contributed by atoms with Crippen molar-refractivity contribution in [3.8, 4) is 11.5 Å². The highest BCUT2D eigenvalue weighted by molar-refractivity contribution is 6.30. The summed E-state index contributed by atoms with van der Waals surface area (Å²) in [7, 11) is 0. The molecule has 0 atom stereocenters. The van der Waals surface area contributed by atoms with Gasteiger partial charge in [0.05, 0.1) is 16.2 Å². The first-order chi connectivity index (χ1) is 14.5. The molecule has 0 radical (unpaired) electrons. The predicted molar refractivity (Wildman–Crippen MR) is 113 cm³/mol. The first kappa shape index (κ1) is 22.3. The van der Waals surface area contributed by atoms with Gasteiger partial charge in [-0.15, -0.1) is 0 Å². The number of aryl methyl sites for hydroxylation is 2. The molecule has 0 aliphatic rings. The lowest BCUT2D eigenvalue weighted by Crippen LogP contribution is -2.06. The van der Waals surface area contributed by atoms with Gasteiger partial charge in [-0.2, -0.15) is 13.2 Å². The van der Waals surface area contributed by atoms with Crippen molar-refractivity contribution < 1.29 is 22.8 Å². The molecule has 0 saturated heterocycles. The van der Waals surface area contributed by atoms with Crippen LogP contribution in [0.1, 0.15) is 22.3 Å². The maximum Gasteiger partial charge on any atom is 0.416 e. The average molecular weight is 449 g/mol. The highest BCUT2D eigenvalue weighted by atomic mass is 35.5. The molecule has 0 aliphatic heterocycles. The third-order valence-corrected chi connectivity index (χ3v) is 4.62. The molecule has 5 nitrogen and oxygen atoms in total. The molecular formula is C22H16ClF3N2O3. The molecule has 0 bridgehead atoms. The van der Waals surface area contributed by atoms with Crippen molar-refractivity contribution in [1.82, 2.24) is 0 Å². The van der Waals surface area contributed by atoms with Gasteiger partial charge >= 0.3 is 11.9 Å². The fraction of sp³-hybridized carbons (Fsp3) is 0.136. The molecule has 9 heteroatoms. The van der Waals surface area contributed by atoms with Crippen LogP contribution >= 0.6 is 11.6 Å². The minimum atomic E-state index is -4.72. The fourth-order valence-electron chi connectivity index (χ4n) is 2.75. The number of hydrogen-bond donors (Lipinski definition) is 0. The Labute approximate surface area is 180 Å². The fourth-order valence-corrected chi connectivity index (χ4v) is 2.93. The van der Waals surface area contributed by atoms with E-state index < -0.39 is 22.4 Å². The van der Waals surface area contributed by atoms with Crippen molar-refractivity contribution in [3.63, 3.8) is 0 Å². The zero-order valence-corrected chi connectivity index (χ0v) is 17.2. The molecule has 3 aromatic rings. The summed E-state index contributed by atoms with van der Waals surface area (Å²) in [4.78, 5) is 14.8. The van der Waals surface area contributed by atoms with Crippen molar-refractivity contribution in [2.75, 3.05) is 0 Å². The summed E-state index contributed by atoms with van der Waals surface area (Å²) >= 11 is 6.06. The Bertz CT molecular complexity index is 1180. The molecular weight excluding hydrogens is 433 g/mol. The molecule has 0 N–H and O–H groups in total. The number of rotatable bonds is 5. The van der Waals surface area contributed by atoms with E-state index in [9.17, 15) is 23.3 Å². The summed E-state index contributed by atoms with van der Waals surface area (Å²) in [5.41, 5.74) is 1.13. The van der Waals surface area contributed by atoms with Crippen LogP contribution in [0.4, 0.5) is 24.5 Å². The van der Waals surface area contributed by atoms with Crippen molar-refractivity contribution in [3.05, 3.63) is 92.0 Å². The van der Waals surface area contributed by atoms with E-state index in [2.05, 4.69) is 4.99 Å². The summed E-state index contributed by atoms with van der Waals surface area (Å²) in [6, 6.07) is 12.3. The summed E-state index contributed by atoms with van der Waals surface area (Å²) in [5, 5.41) is 11.7. The summed E-state index contributed by atoms with van der Waals surface area (Å²) < 4.78 is 44.4. The second-order valence-corrected chi connectivity index (χ2v) is 7.21. The Kier molecular flexibility index (Phi) is 6.31. The van der Waals surface area contributed by atoms with E-state index in [-0.39, 0.29) is 11.5 Å². The molecule has 3 rings (SSSR count). The van der Waals surface area contributed by atoms with Gasteiger partial charge in [0.15, 0.2) is 0 Å². The molecule has 0 fully saturated rings. The number of aliphatic imine (C=N–C) groups is 1. The summed E-state index contributed by atoms with van der Waals surface area (Å²) in [6.07, 6.45) is -3.23. The van der Waals surface area contributed by atoms with E-state index in [1.54, 1.807) is 6.07 Å². The second kappa shape index (κ2) is 8.77. The van der Waals surface area contributed by atoms with Gasteiger partial charge in [-0.1, -0.05) is 23.7 Å². The van der Waals surface area contributed by atoms with Crippen LogP contribution in [0.3, 0.4) is 0 Å². The Morgan fingerprint density at radius 1 is 1.03 bits per heavy atom. The van der Waals surface area contributed by atoms with Gasteiger partial charge < -0.3 is 4.74 Å². The van der Waals surface area contributed by atoms with Crippen LogP contribution in [0.2, 0.25) is 5.02 Å². The lowest BCUT2D eigenvalue weighted by Gasteiger charge is -2.12. The topological polar surface area (TPSA) is 64.7 Å². The van der Waals surface area contributed by atoms with Crippen molar-refractivity contribution in [2.45, 2.75) is 20.0 Å². The highest BCUT2D eigenvalue weighted by Crippen LogP contribution is 2.38. The van der Waals surface area contributed by atoms with Crippen molar-refractivity contribution >= 4 is 29.2 Å². The number of nitro benzene ring substituents is 1. The summed E-state index contributed by atoms with van der Waals surface area (Å²) in [5.74, 6) is -0.178. The lowest BCUT2D eigenvalue weighted by atomic mass is 10.1. The highest BCUT2D eigenvalue weighted by Gasteiger charge is 2.33. The monoisotopic (exact) mass is 448 g/mol. The van der Waals surface area contributed by atoms with E-state index in [1.165, 1.54) is 18.3 Å². The molecule has 0 heterocycles. The zero-order valence-electron chi connectivity index (χ0n) is 16.4.